The van der Waals surface area contributed by atoms with E-state index in [0.29, 0.717) is 0 Å². The summed E-state index contributed by atoms with van der Waals surface area (Å²) in [7, 11) is 0. The van der Waals surface area contributed by atoms with E-state index in [1.807, 2.05) is 11.8 Å². The van der Waals surface area contributed by atoms with Crippen LogP contribution in [0.4, 0.5) is 5.69 Å². The highest BCUT2D eigenvalue weighted by Gasteiger charge is 2.20. The number of anilines is 1. The molecule has 1 aromatic rings. The lowest BCUT2D eigenvalue weighted by molar-refractivity contribution is 0.588. The Kier molecular flexibility index (Phi) is 4.23. The van der Waals surface area contributed by atoms with Crippen LogP contribution in [0.5, 0.6) is 0 Å². The lowest BCUT2D eigenvalue weighted by atomic mass is 9.87. The van der Waals surface area contributed by atoms with Crippen molar-refractivity contribution in [2.75, 3.05) is 30.3 Å². The minimum atomic E-state index is 0.231. The maximum absolute atomic E-state index is 5.61. The zero-order chi connectivity index (χ0) is 13.2. The molecule has 0 fully saturated rings. The van der Waals surface area contributed by atoms with Crippen LogP contribution in [0.1, 0.15) is 32.8 Å². The Balaban J connectivity index is 2.25. The first kappa shape index (κ1) is 13.8. The van der Waals surface area contributed by atoms with Crippen LogP contribution >= 0.6 is 11.8 Å². The van der Waals surface area contributed by atoms with Crippen LogP contribution in [-0.2, 0) is 5.41 Å². The molecular formula is C15H24N2S. The zero-order valence-electron chi connectivity index (χ0n) is 11.7. The maximum Gasteiger partial charge on any atom is 0.0504 e. The van der Waals surface area contributed by atoms with Gasteiger partial charge < -0.3 is 10.6 Å². The van der Waals surface area contributed by atoms with Crippen molar-refractivity contribution in [1.29, 1.82) is 0 Å². The van der Waals surface area contributed by atoms with Gasteiger partial charge in [0.2, 0.25) is 0 Å². The average molecular weight is 264 g/mol. The zero-order valence-corrected chi connectivity index (χ0v) is 12.5. The third-order valence-corrected chi connectivity index (χ3v) is 4.44. The normalized spacial score (nSPS) is 15.7. The van der Waals surface area contributed by atoms with E-state index in [-0.39, 0.29) is 5.41 Å². The van der Waals surface area contributed by atoms with Gasteiger partial charge in [-0.05, 0) is 36.1 Å². The molecule has 0 aliphatic carbocycles. The lowest BCUT2D eigenvalue weighted by Crippen LogP contribution is -2.31. The molecule has 2 rings (SSSR count). The number of benzene rings is 1. The van der Waals surface area contributed by atoms with Gasteiger partial charge in [0.25, 0.3) is 0 Å². The molecule has 1 aliphatic heterocycles. The van der Waals surface area contributed by atoms with Crippen molar-refractivity contribution < 1.29 is 0 Å². The van der Waals surface area contributed by atoms with E-state index in [9.17, 15) is 0 Å². The minimum absolute atomic E-state index is 0.231. The maximum atomic E-state index is 5.61. The molecule has 0 atom stereocenters. The fourth-order valence-electron chi connectivity index (χ4n) is 2.26. The second-order valence-corrected chi connectivity index (χ2v) is 7.05. The van der Waals surface area contributed by atoms with Crippen LogP contribution < -0.4 is 10.6 Å². The molecule has 1 heterocycles. The van der Waals surface area contributed by atoms with Crippen molar-refractivity contribution in [3.63, 3.8) is 0 Å². The van der Waals surface area contributed by atoms with E-state index >= 15 is 0 Å². The molecule has 0 saturated heterocycles. The predicted octanol–water partition coefficient (Wildman–Crippen LogP) is 3.25. The van der Waals surface area contributed by atoms with Crippen molar-refractivity contribution in [3.8, 4) is 0 Å². The Labute approximate surface area is 115 Å². The van der Waals surface area contributed by atoms with Gasteiger partial charge in [-0.15, -0.1) is 11.8 Å². The highest BCUT2D eigenvalue weighted by Crippen LogP contribution is 2.37. The summed E-state index contributed by atoms with van der Waals surface area (Å²) in [4.78, 5) is 3.91. The van der Waals surface area contributed by atoms with Crippen LogP contribution in [0.2, 0.25) is 0 Å². The third-order valence-electron chi connectivity index (χ3n) is 3.42. The molecule has 3 heteroatoms. The smallest absolute Gasteiger partial charge is 0.0504 e. The summed E-state index contributed by atoms with van der Waals surface area (Å²) in [6, 6.07) is 6.94. The number of nitrogens with zero attached hydrogens (tertiary/aromatic N) is 1. The molecule has 0 unspecified atom stereocenters. The second kappa shape index (κ2) is 5.54. The van der Waals surface area contributed by atoms with Gasteiger partial charge in [0.1, 0.15) is 0 Å². The molecule has 100 valence electrons. The number of hydrogen-bond donors (Lipinski definition) is 1. The minimum Gasteiger partial charge on any atom is -0.370 e. The van der Waals surface area contributed by atoms with Gasteiger partial charge in [0, 0.05) is 23.7 Å². The summed E-state index contributed by atoms with van der Waals surface area (Å²) in [6.07, 6.45) is 1.07. The highest BCUT2D eigenvalue weighted by molar-refractivity contribution is 7.99. The molecule has 0 saturated carbocycles. The Morgan fingerprint density at radius 3 is 2.78 bits per heavy atom. The number of fused-ring (bicyclic) bond motifs is 1. The molecule has 0 bridgehead atoms. The summed E-state index contributed by atoms with van der Waals surface area (Å²) < 4.78 is 0. The first-order valence-electron chi connectivity index (χ1n) is 6.75. The van der Waals surface area contributed by atoms with E-state index in [2.05, 4.69) is 43.9 Å². The van der Waals surface area contributed by atoms with Crippen molar-refractivity contribution in [2.45, 2.75) is 37.5 Å². The molecule has 2 N–H and O–H groups in total. The van der Waals surface area contributed by atoms with Gasteiger partial charge in [-0.3, -0.25) is 0 Å². The number of hydrogen-bond acceptors (Lipinski definition) is 3. The van der Waals surface area contributed by atoms with Crippen molar-refractivity contribution in [1.82, 2.24) is 0 Å². The van der Waals surface area contributed by atoms with Crippen molar-refractivity contribution >= 4 is 17.4 Å². The molecular weight excluding hydrogens is 240 g/mol. The van der Waals surface area contributed by atoms with Gasteiger partial charge in [-0.2, -0.15) is 0 Å². The molecule has 0 spiro atoms. The Hall–Kier alpha value is -0.670. The SMILES string of the molecule is CC(C)(C)c1ccc2c(c1)SCCN2CCCN. The topological polar surface area (TPSA) is 29.3 Å². The highest BCUT2D eigenvalue weighted by atomic mass is 32.2. The Morgan fingerprint density at radius 1 is 1.33 bits per heavy atom. The third kappa shape index (κ3) is 3.01. The van der Waals surface area contributed by atoms with E-state index in [1.165, 1.54) is 21.9 Å². The number of rotatable bonds is 3. The Morgan fingerprint density at radius 2 is 2.11 bits per heavy atom. The van der Waals surface area contributed by atoms with Crippen LogP contribution in [0.25, 0.3) is 0 Å². The first-order valence-corrected chi connectivity index (χ1v) is 7.73. The van der Waals surface area contributed by atoms with Gasteiger partial charge in [-0.1, -0.05) is 26.8 Å². The van der Waals surface area contributed by atoms with Crippen LogP contribution in [0, 0.1) is 0 Å². The lowest BCUT2D eigenvalue weighted by Gasteiger charge is -2.32. The summed E-state index contributed by atoms with van der Waals surface area (Å²) in [5, 5.41) is 0. The molecule has 1 aromatic carbocycles. The molecule has 1 aliphatic rings. The van der Waals surface area contributed by atoms with Crippen LogP contribution in [-0.4, -0.2) is 25.4 Å². The van der Waals surface area contributed by atoms with Gasteiger partial charge in [0.05, 0.1) is 5.69 Å². The molecule has 18 heavy (non-hydrogen) atoms. The number of nitrogens with two attached hydrogens (primary N) is 1. The van der Waals surface area contributed by atoms with E-state index < -0.39 is 0 Å². The quantitative estimate of drug-likeness (QED) is 0.908. The summed E-state index contributed by atoms with van der Waals surface area (Å²) in [5.41, 5.74) is 8.67. The van der Waals surface area contributed by atoms with Crippen molar-refractivity contribution in [2.24, 2.45) is 5.73 Å². The van der Waals surface area contributed by atoms with Crippen molar-refractivity contribution in [3.05, 3.63) is 23.8 Å². The van der Waals surface area contributed by atoms with E-state index in [4.69, 9.17) is 5.73 Å². The first-order chi connectivity index (χ1) is 8.52. The fourth-order valence-corrected chi connectivity index (χ4v) is 3.35. The number of thioether (sulfide) groups is 1. The molecule has 2 nitrogen and oxygen atoms in total. The largest absolute Gasteiger partial charge is 0.370 e. The molecule has 0 aromatic heterocycles. The van der Waals surface area contributed by atoms with Crippen LogP contribution in [0.15, 0.2) is 23.1 Å². The summed E-state index contributed by atoms with van der Waals surface area (Å²) in [6.45, 7) is 9.82. The van der Waals surface area contributed by atoms with E-state index in [1.54, 1.807) is 0 Å². The second-order valence-electron chi connectivity index (χ2n) is 5.91. The molecule has 0 amide bonds. The predicted molar refractivity (Wildman–Crippen MR) is 81.8 cm³/mol. The monoisotopic (exact) mass is 264 g/mol. The molecule has 0 radical (unpaired) electrons. The van der Waals surface area contributed by atoms with Crippen LogP contribution in [0.3, 0.4) is 0 Å². The fraction of sp³-hybridized carbons (Fsp3) is 0.600. The summed E-state index contributed by atoms with van der Waals surface area (Å²) >= 11 is 1.98. The summed E-state index contributed by atoms with van der Waals surface area (Å²) in [5.74, 6) is 1.19. The van der Waals surface area contributed by atoms with E-state index in [0.717, 1.165) is 26.1 Å². The Bertz CT molecular complexity index is 409. The van der Waals surface area contributed by atoms with Gasteiger partial charge >= 0.3 is 0 Å². The van der Waals surface area contributed by atoms with Gasteiger partial charge in [-0.25, -0.2) is 0 Å². The average Bonchev–Trinajstić information content (AvgIpc) is 2.34. The van der Waals surface area contributed by atoms with Gasteiger partial charge in [0.15, 0.2) is 0 Å². The standard InChI is InChI=1S/C15H24N2S/c1-15(2,3)12-5-6-13-14(11-12)18-10-9-17(13)8-4-7-16/h5-6,11H,4,7-10,16H2,1-3H3.